The summed E-state index contributed by atoms with van der Waals surface area (Å²) in [7, 11) is 0. The number of fused-ring (bicyclic) bond motifs is 1. The van der Waals surface area contributed by atoms with Gasteiger partial charge in [-0.3, -0.25) is 0 Å². The van der Waals surface area contributed by atoms with E-state index in [4.69, 9.17) is 22.1 Å². The van der Waals surface area contributed by atoms with Gasteiger partial charge in [0.2, 0.25) is 0 Å². The van der Waals surface area contributed by atoms with Crippen LogP contribution < -0.4 is 10.5 Å². The summed E-state index contributed by atoms with van der Waals surface area (Å²) in [5, 5.41) is 0.680. The Morgan fingerprint density at radius 2 is 1.95 bits per heavy atom. The molecule has 0 amide bonds. The van der Waals surface area contributed by atoms with E-state index >= 15 is 0 Å². The topological polar surface area (TPSA) is 35.2 Å². The molecule has 1 heterocycles. The molecule has 0 saturated carbocycles. The zero-order chi connectivity index (χ0) is 14.3. The molecule has 0 saturated heterocycles. The van der Waals surface area contributed by atoms with Crippen molar-refractivity contribution in [3.05, 3.63) is 61.5 Å². The molecule has 0 spiro atoms. The lowest BCUT2D eigenvalue weighted by Crippen LogP contribution is -2.24. The third-order valence-corrected chi connectivity index (χ3v) is 5.15. The first-order valence-corrected chi connectivity index (χ1v) is 8.17. The summed E-state index contributed by atoms with van der Waals surface area (Å²) in [6.07, 6.45) is 0.671. The van der Waals surface area contributed by atoms with Gasteiger partial charge in [-0.1, -0.05) is 39.7 Å². The van der Waals surface area contributed by atoms with Gasteiger partial charge in [0.25, 0.3) is 0 Å². The third-order valence-electron chi connectivity index (χ3n) is 3.43. The Balaban J connectivity index is 1.96. The molecule has 2 nitrogen and oxygen atoms in total. The minimum Gasteiger partial charge on any atom is -0.485 e. The van der Waals surface area contributed by atoms with Crippen LogP contribution in [0.2, 0.25) is 5.02 Å². The molecular weight excluding hydrogens is 405 g/mol. The molecule has 0 fully saturated rings. The highest BCUT2D eigenvalue weighted by atomic mass is 79.9. The summed E-state index contributed by atoms with van der Waals surface area (Å²) in [5.74, 6) is 0.835. The maximum atomic E-state index is 6.25. The Morgan fingerprint density at radius 3 is 2.70 bits per heavy atom. The Labute approximate surface area is 139 Å². The van der Waals surface area contributed by atoms with E-state index in [2.05, 4.69) is 31.9 Å². The summed E-state index contributed by atoms with van der Waals surface area (Å²) in [4.78, 5) is 0. The van der Waals surface area contributed by atoms with Crippen molar-refractivity contribution in [1.29, 1.82) is 0 Å². The average Bonchev–Trinajstić information content (AvgIpc) is 2.41. The molecule has 104 valence electrons. The smallest absolute Gasteiger partial charge is 0.126 e. The number of hydrogen-bond acceptors (Lipinski definition) is 2. The Hall–Kier alpha value is -0.550. The van der Waals surface area contributed by atoms with Crippen molar-refractivity contribution in [3.8, 4) is 5.75 Å². The van der Waals surface area contributed by atoms with Crippen molar-refractivity contribution < 1.29 is 4.74 Å². The van der Waals surface area contributed by atoms with Gasteiger partial charge in [0.05, 0.1) is 5.02 Å². The molecule has 0 radical (unpaired) electrons. The Morgan fingerprint density at radius 1 is 1.15 bits per heavy atom. The Bertz CT molecular complexity index is 662. The van der Waals surface area contributed by atoms with E-state index in [-0.39, 0.29) is 12.1 Å². The van der Waals surface area contributed by atoms with Gasteiger partial charge in [0.15, 0.2) is 0 Å². The molecule has 0 aliphatic carbocycles. The van der Waals surface area contributed by atoms with E-state index in [1.165, 1.54) is 0 Å². The second kappa shape index (κ2) is 5.68. The normalized spacial score (nSPS) is 21.2. The molecule has 0 bridgehead atoms. The van der Waals surface area contributed by atoms with Crippen molar-refractivity contribution in [3.63, 3.8) is 0 Å². The maximum absolute atomic E-state index is 6.25. The molecule has 1 aliphatic rings. The van der Waals surface area contributed by atoms with Crippen LogP contribution in [0.5, 0.6) is 5.75 Å². The van der Waals surface area contributed by atoms with Crippen LogP contribution in [0.15, 0.2) is 45.3 Å². The predicted molar refractivity (Wildman–Crippen MR) is 88.2 cm³/mol. The van der Waals surface area contributed by atoms with Gasteiger partial charge in [0, 0.05) is 27.0 Å². The SMILES string of the molecule is NC1CC(c2ccc(Br)c(Cl)c2)Oc2cc(Br)ccc21. The molecule has 3 rings (SSSR count). The molecule has 1 aliphatic heterocycles. The van der Waals surface area contributed by atoms with Crippen molar-refractivity contribution in [2.24, 2.45) is 5.73 Å². The third kappa shape index (κ3) is 2.75. The molecule has 2 atom stereocenters. The number of benzene rings is 2. The number of halogens is 3. The lowest BCUT2D eigenvalue weighted by Gasteiger charge is -2.30. The molecule has 2 aromatic carbocycles. The van der Waals surface area contributed by atoms with Crippen molar-refractivity contribution in [1.82, 2.24) is 0 Å². The van der Waals surface area contributed by atoms with Gasteiger partial charge in [-0.2, -0.15) is 0 Å². The van der Waals surface area contributed by atoms with Crippen molar-refractivity contribution in [2.75, 3.05) is 0 Å². The van der Waals surface area contributed by atoms with Gasteiger partial charge in [0.1, 0.15) is 11.9 Å². The standard InChI is InChI=1S/C15H12Br2ClNO/c16-9-2-3-10-13(19)7-14(20-15(10)6-9)8-1-4-11(17)12(18)5-8/h1-6,13-14H,7,19H2. The van der Waals surface area contributed by atoms with Crippen molar-refractivity contribution >= 4 is 43.5 Å². The summed E-state index contributed by atoms with van der Waals surface area (Å²) in [6, 6.07) is 11.8. The second-order valence-corrected chi connectivity index (χ2v) is 6.98. The fourth-order valence-corrected chi connectivity index (χ4v) is 3.17. The molecule has 2 aromatic rings. The van der Waals surface area contributed by atoms with E-state index in [1.54, 1.807) is 0 Å². The minimum absolute atomic E-state index is 0.0285. The highest BCUT2D eigenvalue weighted by Gasteiger charge is 2.27. The van der Waals surface area contributed by atoms with Crippen LogP contribution in [0.4, 0.5) is 0 Å². The molecule has 5 heteroatoms. The molecular formula is C15H12Br2ClNO. The molecule has 2 N–H and O–H groups in total. The minimum atomic E-state index is -0.0719. The van der Waals surface area contributed by atoms with Crippen LogP contribution in [-0.2, 0) is 0 Å². The van der Waals surface area contributed by atoms with E-state index in [0.29, 0.717) is 5.02 Å². The quantitative estimate of drug-likeness (QED) is 0.675. The number of hydrogen-bond donors (Lipinski definition) is 1. The monoisotopic (exact) mass is 415 g/mol. The molecule has 0 aromatic heterocycles. The van der Waals surface area contributed by atoms with E-state index < -0.39 is 0 Å². The van der Waals surface area contributed by atoms with Crippen LogP contribution in [0.3, 0.4) is 0 Å². The van der Waals surface area contributed by atoms with Gasteiger partial charge in [-0.05, 0) is 45.8 Å². The predicted octanol–water partition coefficient (Wildman–Crippen LogP) is 5.39. The van der Waals surface area contributed by atoms with Crippen LogP contribution in [-0.4, -0.2) is 0 Å². The first kappa shape index (κ1) is 14.4. The largest absolute Gasteiger partial charge is 0.485 e. The van der Waals surface area contributed by atoms with Crippen LogP contribution in [0.1, 0.15) is 29.7 Å². The highest BCUT2D eigenvalue weighted by molar-refractivity contribution is 9.10. The molecule has 2 unspecified atom stereocenters. The van der Waals surface area contributed by atoms with E-state index in [1.807, 2.05) is 36.4 Å². The van der Waals surface area contributed by atoms with Crippen LogP contribution in [0, 0.1) is 0 Å². The van der Waals surface area contributed by atoms with Gasteiger partial charge in [-0.25, -0.2) is 0 Å². The average molecular weight is 418 g/mol. The first-order chi connectivity index (χ1) is 9.54. The first-order valence-electron chi connectivity index (χ1n) is 6.21. The molecule has 20 heavy (non-hydrogen) atoms. The van der Waals surface area contributed by atoms with Crippen molar-refractivity contribution in [2.45, 2.75) is 18.6 Å². The maximum Gasteiger partial charge on any atom is 0.126 e. The fourth-order valence-electron chi connectivity index (χ4n) is 2.39. The zero-order valence-electron chi connectivity index (χ0n) is 10.4. The van der Waals surface area contributed by atoms with Gasteiger partial charge < -0.3 is 10.5 Å². The van der Waals surface area contributed by atoms with Crippen LogP contribution in [0.25, 0.3) is 0 Å². The van der Waals surface area contributed by atoms with E-state index in [0.717, 1.165) is 32.2 Å². The van der Waals surface area contributed by atoms with Gasteiger partial charge >= 0.3 is 0 Å². The lowest BCUT2D eigenvalue weighted by molar-refractivity contribution is 0.161. The zero-order valence-corrected chi connectivity index (χ0v) is 14.4. The summed E-state index contributed by atoms with van der Waals surface area (Å²) in [5.41, 5.74) is 8.34. The van der Waals surface area contributed by atoms with E-state index in [9.17, 15) is 0 Å². The summed E-state index contributed by atoms with van der Waals surface area (Å²) < 4.78 is 7.95. The lowest BCUT2D eigenvalue weighted by atomic mass is 9.94. The number of nitrogens with two attached hydrogens (primary N) is 1. The fraction of sp³-hybridized carbons (Fsp3) is 0.200. The van der Waals surface area contributed by atoms with Crippen LogP contribution >= 0.6 is 43.5 Å². The summed E-state index contributed by atoms with van der Waals surface area (Å²) in [6.45, 7) is 0. The number of ether oxygens (including phenoxy) is 1. The number of rotatable bonds is 1. The highest BCUT2D eigenvalue weighted by Crippen LogP contribution is 2.41. The Kier molecular flexibility index (Phi) is 4.09. The second-order valence-electron chi connectivity index (χ2n) is 4.80. The van der Waals surface area contributed by atoms with Gasteiger partial charge in [-0.15, -0.1) is 0 Å². The summed E-state index contributed by atoms with van der Waals surface area (Å²) >= 11 is 13.0.